The molecule has 1 amide bonds. The number of carbonyl (C=O) groups is 1. The number of hydrogen-bond acceptors (Lipinski definition) is 5. The standard InChI is InChI=1S/C16H22F3N5O/c1-22(2)13-9-12(16(17,18)19)20-15(21-13)24-8-5-11(10-24)14(25)23-6-3-4-7-23/h9,11H,3-8,10H2,1-2H3. The van der Waals surface area contributed by atoms with Crippen molar-refractivity contribution in [1.29, 1.82) is 0 Å². The van der Waals surface area contributed by atoms with Crippen LogP contribution >= 0.6 is 0 Å². The fraction of sp³-hybridized carbons (Fsp3) is 0.688. The van der Waals surface area contributed by atoms with Gasteiger partial charge in [0.1, 0.15) is 5.82 Å². The molecule has 0 spiro atoms. The number of halogens is 3. The van der Waals surface area contributed by atoms with Crippen molar-refractivity contribution in [1.82, 2.24) is 14.9 Å². The summed E-state index contributed by atoms with van der Waals surface area (Å²) in [5.41, 5.74) is -0.962. The molecule has 0 aliphatic carbocycles. The van der Waals surface area contributed by atoms with Gasteiger partial charge in [-0.05, 0) is 19.3 Å². The van der Waals surface area contributed by atoms with Crippen molar-refractivity contribution >= 4 is 17.7 Å². The lowest BCUT2D eigenvalue weighted by atomic mass is 10.1. The van der Waals surface area contributed by atoms with Gasteiger partial charge in [0.15, 0.2) is 5.69 Å². The first-order valence-electron chi connectivity index (χ1n) is 8.43. The fourth-order valence-corrected chi connectivity index (χ4v) is 3.28. The molecule has 25 heavy (non-hydrogen) atoms. The third-order valence-corrected chi connectivity index (χ3v) is 4.69. The second-order valence-electron chi connectivity index (χ2n) is 6.77. The SMILES string of the molecule is CN(C)c1cc(C(F)(F)F)nc(N2CCC(C(=O)N3CCCC3)C2)n1. The minimum atomic E-state index is -4.53. The van der Waals surface area contributed by atoms with E-state index >= 15 is 0 Å². The Labute approximate surface area is 144 Å². The Balaban J connectivity index is 1.79. The normalized spacial score (nSPS) is 21.1. The molecule has 0 aromatic carbocycles. The van der Waals surface area contributed by atoms with Crippen LogP contribution in [0.2, 0.25) is 0 Å². The number of carbonyl (C=O) groups excluding carboxylic acids is 1. The number of anilines is 2. The molecule has 0 saturated carbocycles. The summed E-state index contributed by atoms with van der Waals surface area (Å²) in [5.74, 6) is 0.140. The van der Waals surface area contributed by atoms with E-state index < -0.39 is 11.9 Å². The lowest BCUT2D eigenvalue weighted by Gasteiger charge is -2.22. The minimum absolute atomic E-state index is 0.0373. The van der Waals surface area contributed by atoms with Crippen molar-refractivity contribution in [2.75, 3.05) is 50.1 Å². The smallest absolute Gasteiger partial charge is 0.363 e. The summed E-state index contributed by atoms with van der Waals surface area (Å²) in [5, 5.41) is 0. The summed E-state index contributed by atoms with van der Waals surface area (Å²) in [7, 11) is 3.27. The Morgan fingerprint density at radius 1 is 1.20 bits per heavy atom. The maximum atomic E-state index is 13.1. The zero-order valence-corrected chi connectivity index (χ0v) is 14.4. The van der Waals surface area contributed by atoms with Crippen molar-refractivity contribution in [3.05, 3.63) is 11.8 Å². The molecule has 138 valence electrons. The zero-order valence-electron chi connectivity index (χ0n) is 14.4. The lowest BCUT2D eigenvalue weighted by Crippen LogP contribution is -2.35. The van der Waals surface area contributed by atoms with Crippen molar-refractivity contribution in [2.24, 2.45) is 5.92 Å². The summed E-state index contributed by atoms with van der Waals surface area (Å²) >= 11 is 0. The van der Waals surface area contributed by atoms with E-state index in [0.29, 0.717) is 19.5 Å². The maximum Gasteiger partial charge on any atom is 0.433 e. The van der Waals surface area contributed by atoms with Crippen LogP contribution in [0.3, 0.4) is 0 Å². The van der Waals surface area contributed by atoms with Gasteiger partial charge in [-0.25, -0.2) is 4.98 Å². The molecular weight excluding hydrogens is 335 g/mol. The molecule has 2 saturated heterocycles. The molecule has 2 fully saturated rings. The molecule has 1 aromatic rings. The molecule has 6 nitrogen and oxygen atoms in total. The van der Waals surface area contributed by atoms with E-state index in [0.717, 1.165) is 32.0 Å². The van der Waals surface area contributed by atoms with E-state index in [-0.39, 0.29) is 23.6 Å². The quantitative estimate of drug-likeness (QED) is 0.828. The average Bonchev–Trinajstić information content (AvgIpc) is 3.24. The highest BCUT2D eigenvalue weighted by atomic mass is 19.4. The predicted octanol–water partition coefficient (Wildman–Crippen LogP) is 2.01. The Bertz CT molecular complexity index is 643. The molecule has 0 N–H and O–H groups in total. The number of nitrogens with zero attached hydrogens (tertiary/aromatic N) is 5. The first-order chi connectivity index (χ1) is 11.8. The molecule has 1 atom stereocenters. The predicted molar refractivity (Wildman–Crippen MR) is 87.5 cm³/mol. The third-order valence-electron chi connectivity index (χ3n) is 4.69. The summed E-state index contributed by atoms with van der Waals surface area (Å²) in [4.78, 5) is 25.5. The number of hydrogen-bond donors (Lipinski definition) is 0. The molecule has 0 bridgehead atoms. The first kappa shape index (κ1) is 17.8. The van der Waals surface area contributed by atoms with Crippen LogP contribution in [0.4, 0.5) is 24.9 Å². The largest absolute Gasteiger partial charge is 0.433 e. The van der Waals surface area contributed by atoms with Gasteiger partial charge in [-0.3, -0.25) is 4.79 Å². The van der Waals surface area contributed by atoms with E-state index in [4.69, 9.17) is 0 Å². The Kier molecular flexibility index (Phi) is 4.75. The van der Waals surface area contributed by atoms with E-state index in [9.17, 15) is 18.0 Å². The van der Waals surface area contributed by atoms with Gasteiger partial charge in [-0.1, -0.05) is 0 Å². The van der Waals surface area contributed by atoms with Crippen LogP contribution in [0.25, 0.3) is 0 Å². The van der Waals surface area contributed by atoms with Gasteiger partial charge >= 0.3 is 6.18 Å². The molecule has 0 radical (unpaired) electrons. The highest BCUT2D eigenvalue weighted by molar-refractivity contribution is 5.80. The molecule has 1 aromatic heterocycles. The van der Waals surface area contributed by atoms with Gasteiger partial charge in [0.05, 0.1) is 5.92 Å². The molecule has 2 aliphatic rings. The van der Waals surface area contributed by atoms with Gasteiger partial charge < -0.3 is 14.7 Å². The van der Waals surface area contributed by atoms with Crippen molar-refractivity contribution in [3.63, 3.8) is 0 Å². The van der Waals surface area contributed by atoms with Crippen LogP contribution in [-0.2, 0) is 11.0 Å². The van der Waals surface area contributed by atoms with Crippen molar-refractivity contribution in [3.8, 4) is 0 Å². The van der Waals surface area contributed by atoms with Crippen LogP contribution in [0, 0.1) is 5.92 Å². The number of aromatic nitrogens is 2. The van der Waals surface area contributed by atoms with Gasteiger partial charge in [-0.15, -0.1) is 0 Å². The highest BCUT2D eigenvalue weighted by Gasteiger charge is 2.37. The van der Waals surface area contributed by atoms with Crippen molar-refractivity contribution < 1.29 is 18.0 Å². The number of likely N-dealkylation sites (tertiary alicyclic amines) is 1. The van der Waals surface area contributed by atoms with Crippen LogP contribution in [-0.4, -0.2) is 61.0 Å². The minimum Gasteiger partial charge on any atom is -0.363 e. The van der Waals surface area contributed by atoms with E-state index in [1.54, 1.807) is 19.0 Å². The molecule has 2 aliphatic heterocycles. The Morgan fingerprint density at radius 2 is 1.88 bits per heavy atom. The van der Waals surface area contributed by atoms with Crippen LogP contribution in [0.1, 0.15) is 25.0 Å². The summed E-state index contributed by atoms with van der Waals surface area (Å²) < 4.78 is 39.4. The Hall–Kier alpha value is -2.06. The number of amides is 1. The average molecular weight is 357 g/mol. The molecule has 1 unspecified atom stereocenters. The first-order valence-corrected chi connectivity index (χ1v) is 8.43. The molecule has 3 heterocycles. The van der Waals surface area contributed by atoms with Gasteiger partial charge in [0, 0.05) is 46.3 Å². The van der Waals surface area contributed by atoms with Gasteiger partial charge in [0.2, 0.25) is 11.9 Å². The maximum absolute atomic E-state index is 13.1. The number of rotatable bonds is 3. The van der Waals surface area contributed by atoms with Gasteiger partial charge in [-0.2, -0.15) is 18.2 Å². The van der Waals surface area contributed by atoms with Gasteiger partial charge in [0.25, 0.3) is 0 Å². The molecule has 3 rings (SSSR count). The zero-order chi connectivity index (χ0) is 18.2. The van der Waals surface area contributed by atoms with E-state index in [2.05, 4.69) is 9.97 Å². The van der Waals surface area contributed by atoms with E-state index in [1.807, 2.05) is 4.90 Å². The summed E-state index contributed by atoms with van der Waals surface area (Å²) in [6.07, 6.45) is -1.88. The number of alkyl halides is 3. The van der Waals surface area contributed by atoms with Crippen LogP contribution < -0.4 is 9.80 Å². The molecular formula is C16H22F3N5O. The topological polar surface area (TPSA) is 52.6 Å². The summed E-state index contributed by atoms with van der Waals surface area (Å²) in [6.45, 7) is 2.41. The van der Waals surface area contributed by atoms with Crippen molar-refractivity contribution in [2.45, 2.75) is 25.4 Å². The lowest BCUT2D eigenvalue weighted by molar-refractivity contribution is -0.141. The molecule has 9 heteroatoms. The third kappa shape index (κ3) is 3.80. The summed E-state index contributed by atoms with van der Waals surface area (Å²) in [6, 6.07) is 0.937. The van der Waals surface area contributed by atoms with Crippen LogP contribution in [0.5, 0.6) is 0 Å². The fourth-order valence-electron chi connectivity index (χ4n) is 3.28. The van der Waals surface area contributed by atoms with E-state index in [1.165, 1.54) is 4.90 Å². The second-order valence-corrected chi connectivity index (χ2v) is 6.77. The highest BCUT2D eigenvalue weighted by Crippen LogP contribution is 2.32. The Morgan fingerprint density at radius 3 is 2.48 bits per heavy atom. The second kappa shape index (κ2) is 6.68. The monoisotopic (exact) mass is 357 g/mol. The van der Waals surface area contributed by atoms with Crippen LogP contribution in [0.15, 0.2) is 6.07 Å².